The Morgan fingerprint density at radius 2 is 1.84 bits per heavy atom. The number of amides is 1. The summed E-state index contributed by atoms with van der Waals surface area (Å²) in [6, 6.07) is 14.5. The fourth-order valence-corrected chi connectivity index (χ4v) is 2.19. The largest absolute Gasteiger partial charge is 0.491 e. The van der Waals surface area contributed by atoms with Gasteiger partial charge in [0.1, 0.15) is 11.5 Å². The molecule has 0 aromatic heterocycles. The van der Waals surface area contributed by atoms with Crippen molar-refractivity contribution in [2.45, 2.75) is 26.9 Å². The highest BCUT2D eigenvalue weighted by Gasteiger charge is 2.05. The topological polar surface area (TPSA) is 59.9 Å². The Hall–Kier alpha value is -2.53. The highest BCUT2D eigenvalue weighted by atomic mass is 35.5. The minimum Gasteiger partial charge on any atom is -0.491 e. The molecule has 2 aromatic carbocycles. The molecule has 0 unspecified atom stereocenters. The van der Waals surface area contributed by atoms with Gasteiger partial charge in [0.25, 0.3) is 5.91 Å². The van der Waals surface area contributed by atoms with Crippen molar-refractivity contribution in [3.63, 3.8) is 0 Å². The molecule has 6 heteroatoms. The van der Waals surface area contributed by atoms with Crippen LogP contribution in [-0.2, 0) is 4.79 Å². The monoisotopic (exact) mass is 360 g/mol. The van der Waals surface area contributed by atoms with Gasteiger partial charge in [0.15, 0.2) is 6.61 Å². The summed E-state index contributed by atoms with van der Waals surface area (Å²) in [7, 11) is 0. The van der Waals surface area contributed by atoms with Crippen LogP contribution in [0, 0.1) is 0 Å². The van der Waals surface area contributed by atoms with Crippen LogP contribution < -0.4 is 14.9 Å². The van der Waals surface area contributed by atoms with Crippen LogP contribution in [-0.4, -0.2) is 24.3 Å². The maximum atomic E-state index is 11.8. The maximum Gasteiger partial charge on any atom is 0.277 e. The fraction of sp³-hybridized carbons (Fsp3) is 0.263. The van der Waals surface area contributed by atoms with E-state index < -0.39 is 0 Å². The zero-order valence-corrected chi connectivity index (χ0v) is 15.2. The first-order valence-electron chi connectivity index (χ1n) is 7.93. The van der Waals surface area contributed by atoms with Gasteiger partial charge in [-0.2, -0.15) is 5.10 Å². The number of nitrogens with zero attached hydrogens (tertiary/aromatic N) is 1. The Kier molecular flexibility index (Phi) is 6.83. The summed E-state index contributed by atoms with van der Waals surface area (Å²) in [5, 5.41) is 4.54. The molecule has 0 atom stereocenters. The van der Waals surface area contributed by atoms with E-state index in [1.165, 1.54) is 0 Å². The van der Waals surface area contributed by atoms with Gasteiger partial charge in [-0.3, -0.25) is 4.79 Å². The SMILES string of the molecule is C/C(=N/NC(=O)COc1ccccc1Cl)c1ccc(OC(C)C)cc1. The molecule has 0 aliphatic rings. The molecule has 2 aromatic rings. The minimum atomic E-state index is -0.362. The highest BCUT2D eigenvalue weighted by Crippen LogP contribution is 2.22. The van der Waals surface area contributed by atoms with Gasteiger partial charge in [0.05, 0.1) is 16.8 Å². The highest BCUT2D eigenvalue weighted by molar-refractivity contribution is 6.32. The van der Waals surface area contributed by atoms with E-state index in [0.717, 1.165) is 11.3 Å². The molecule has 2 rings (SSSR count). The van der Waals surface area contributed by atoms with Crippen LogP contribution in [0.2, 0.25) is 5.02 Å². The minimum absolute atomic E-state index is 0.123. The molecule has 132 valence electrons. The van der Waals surface area contributed by atoms with E-state index in [9.17, 15) is 4.79 Å². The molecule has 0 aliphatic heterocycles. The van der Waals surface area contributed by atoms with Gasteiger partial charge in [-0.1, -0.05) is 23.7 Å². The van der Waals surface area contributed by atoms with Crippen LogP contribution in [0.5, 0.6) is 11.5 Å². The summed E-state index contributed by atoms with van der Waals surface area (Å²) in [5.41, 5.74) is 4.04. The van der Waals surface area contributed by atoms with Crippen LogP contribution in [0.4, 0.5) is 0 Å². The van der Waals surface area contributed by atoms with Crippen molar-refractivity contribution < 1.29 is 14.3 Å². The number of halogens is 1. The fourth-order valence-electron chi connectivity index (χ4n) is 1.99. The van der Waals surface area contributed by atoms with Gasteiger partial charge in [-0.05, 0) is 62.7 Å². The molecule has 0 bridgehead atoms. The zero-order chi connectivity index (χ0) is 18.2. The van der Waals surface area contributed by atoms with E-state index in [2.05, 4.69) is 10.5 Å². The third-order valence-corrected chi connectivity index (χ3v) is 3.50. The number of rotatable bonds is 7. The molecule has 5 nitrogen and oxygen atoms in total. The van der Waals surface area contributed by atoms with E-state index >= 15 is 0 Å². The number of para-hydroxylation sites is 1. The Bertz CT molecular complexity index is 743. The number of benzene rings is 2. The van der Waals surface area contributed by atoms with Crippen LogP contribution in [0.15, 0.2) is 53.6 Å². The van der Waals surface area contributed by atoms with Crippen molar-refractivity contribution >= 4 is 23.2 Å². The van der Waals surface area contributed by atoms with Crippen LogP contribution in [0.3, 0.4) is 0 Å². The lowest BCUT2D eigenvalue weighted by atomic mass is 10.1. The lowest BCUT2D eigenvalue weighted by Gasteiger charge is -2.10. The predicted molar refractivity (Wildman–Crippen MR) is 99.5 cm³/mol. The molecule has 1 amide bonds. The third-order valence-electron chi connectivity index (χ3n) is 3.19. The molecule has 0 heterocycles. The second kappa shape index (κ2) is 9.08. The zero-order valence-electron chi connectivity index (χ0n) is 14.5. The van der Waals surface area contributed by atoms with Gasteiger partial charge >= 0.3 is 0 Å². The number of hydrazone groups is 1. The van der Waals surface area contributed by atoms with Crippen molar-refractivity contribution in [2.24, 2.45) is 5.10 Å². The summed E-state index contributed by atoms with van der Waals surface area (Å²) in [6.07, 6.45) is 0.123. The van der Waals surface area contributed by atoms with E-state index in [1.807, 2.05) is 45.0 Å². The first kappa shape index (κ1) is 18.8. The first-order chi connectivity index (χ1) is 12.0. The van der Waals surface area contributed by atoms with Crippen molar-refractivity contribution in [1.82, 2.24) is 5.43 Å². The average Bonchev–Trinajstić information content (AvgIpc) is 2.59. The quantitative estimate of drug-likeness (QED) is 0.598. The molecular formula is C19H21ClN2O3. The molecule has 1 N–H and O–H groups in total. The number of hydrogen-bond donors (Lipinski definition) is 1. The standard InChI is InChI=1S/C19H21ClN2O3/c1-13(2)25-16-10-8-15(9-11-16)14(3)21-22-19(23)12-24-18-7-5-4-6-17(18)20/h4-11,13H,12H2,1-3H3,(H,22,23)/b21-14-. The van der Waals surface area contributed by atoms with Crippen molar-refractivity contribution in [1.29, 1.82) is 0 Å². The molecular weight excluding hydrogens is 340 g/mol. The van der Waals surface area contributed by atoms with E-state index in [1.54, 1.807) is 24.3 Å². The van der Waals surface area contributed by atoms with Crippen LogP contribution in [0.1, 0.15) is 26.3 Å². The van der Waals surface area contributed by atoms with Gasteiger partial charge in [-0.15, -0.1) is 0 Å². The number of hydrogen-bond acceptors (Lipinski definition) is 4. The number of carbonyl (C=O) groups is 1. The summed E-state index contributed by atoms with van der Waals surface area (Å²) in [5.74, 6) is 0.892. The second-order valence-corrected chi connectivity index (χ2v) is 6.05. The number of nitrogens with one attached hydrogen (secondary N) is 1. The third kappa shape index (κ3) is 6.12. The van der Waals surface area contributed by atoms with E-state index in [-0.39, 0.29) is 18.6 Å². The van der Waals surface area contributed by atoms with Gasteiger partial charge in [0.2, 0.25) is 0 Å². The summed E-state index contributed by atoms with van der Waals surface area (Å²) < 4.78 is 11.0. The van der Waals surface area contributed by atoms with Crippen molar-refractivity contribution in [2.75, 3.05) is 6.61 Å². The molecule has 0 fully saturated rings. The van der Waals surface area contributed by atoms with Crippen molar-refractivity contribution in [3.05, 3.63) is 59.1 Å². The molecule has 25 heavy (non-hydrogen) atoms. The van der Waals surface area contributed by atoms with Crippen LogP contribution >= 0.6 is 11.6 Å². The second-order valence-electron chi connectivity index (χ2n) is 5.64. The molecule has 0 radical (unpaired) electrons. The molecule has 0 spiro atoms. The lowest BCUT2D eigenvalue weighted by molar-refractivity contribution is -0.123. The summed E-state index contributed by atoms with van der Waals surface area (Å²) >= 11 is 5.96. The number of ether oxygens (including phenoxy) is 2. The van der Waals surface area contributed by atoms with Gasteiger partial charge < -0.3 is 9.47 Å². The average molecular weight is 361 g/mol. The smallest absolute Gasteiger partial charge is 0.277 e. The molecule has 0 saturated heterocycles. The Labute approximate surface area is 152 Å². The van der Waals surface area contributed by atoms with Crippen LogP contribution in [0.25, 0.3) is 0 Å². The Morgan fingerprint density at radius 3 is 2.48 bits per heavy atom. The summed E-state index contributed by atoms with van der Waals surface area (Å²) in [4.78, 5) is 11.8. The van der Waals surface area contributed by atoms with Crippen molar-refractivity contribution in [3.8, 4) is 11.5 Å². The Balaban J connectivity index is 1.87. The lowest BCUT2D eigenvalue weighted by Crippen LogP contribution is -2.25. The normalized spacial score (nSPS) is 11.3. The maximum absolute atomic E-state index is 11.8. The summed E-state index contributed by atoms with van der Waals surface area (Å²) in [6.45, 7) is 5.59. The Morgan fingerprint density at radius 1 is 1.16 bits per heavy atom. The molecule has 0 aliphatic carbocycles. The predicted octanol–water partition coefficient (Wildman–Crippen LogP) is 4.05. The van der Waals surface area contributed by atoms with E-state index in [4.69, 9.17) is 21.1 Å². The van der Waals surface area contributed by atoms with E-state index in [0.29, 0.717) is 16.5 Å². The number of carbonyl (C=O) groups excluding carboxylic acids is 1. The van der Waals surface area contributed by atoms with Gasteiger partial charge in [0, 0.05) is 0 Å². The van der Waals surface area contributed by atoms with Gasteiger partial charge in [-0.25, -0.2) is 5.43 Å². The first-order valence-corrected chi connectivity index (χ1v) is 8.31. The molecule has 0 saturated carbocycles.